The van der Waals surface area contributed by atoms with Gasteiger partial charge in [0.1, 0.15) is 0 Å². The maximum Gasteiger partial charge on any atom is 0.0640 e. The molecule has 0 amide bonds. The Bertz CT molecular complexity index is 3420. The molecule has 1 aliphatic rings. The van der Waals surface area contributed by atoms with Gasteiger partial charge in [-0.3, -0.25) is 0 Å². The summed E-state index contributed by atoms with van der Waals surface area (Å²) in [4.78, 5) is 7.01. The number of thiophene rings is 1. The molecule has 0 saturated heterocycles. The summed E-state index contributed by atoms with van der Waals surface area (Å²) in [6, 6.07) is 81.1. The second-order valence-electron chi connectivity index (χ2n) is 16.2. The molecule has 11 rings (SSSR count). The van der Waals surface area contributed by atoms with Crippen molar-refractivity contribution in [1.82, 2.24) is 0 Å². The van der Waals surface area contributed by atoms with Crippen molar-refractivity contribution in [3.05, 3.63) is 265 Å². The van der Waals surface area contributed by atoms with Crippen molar-refractivity contribution in [3.8, 4) is 33.4 Å². The zero-order chi connectivity index (χ0) is 43.5. The summed E-state index contributed by atoms with van der Waals surface area (Å²) in [5, 5.41) is 2.55. The van der Waals surface area contributed by atoms with Gasteiger partial charge >= 0.3 is 0 Å². The van der Waals surface area contributed by atoms with E-state index in [4.69, 9.17) is 6.58 Å². The number of thioether (sulfide) groups is 1. The largest absolute Gasteiger partial charge is 0.309 e. The van der Waals surface area contributed by atoms with Crippen molar-refractivity contribution < 1.29 is 0 Å². The Hall–Kier alpha value is -7.63. The summed E-state index contributed by atoms with van der Waals surface area (Å²) < 4.78 is 2.55. The van der Waals surface area contributed by atoms with Crippen LogP contribution < -0.4 is 9.80 Å². The monoisotopic (exact) mass is 868 g/mol. The lowest BCUT2D eigenvalue weighted by molar-refractivity contribution is 1.18. The third-order valence-corrected chi connectivity index (χ3v) is 14.3. The van der Waals surface area contributed by atoms with Gasteiger partial charge in [-0.25, -0.2) is 0 Å². The minimum Gasteiger partial charge on any atom is -0.309 e. The van der Waals surface area contributed by atoms with Crippen molar-refractivity contribution in [1.29, 1.82) is 0 Å². The highest BCUT2D eigenvalue weighted by Crippen LogP contribution is 2.47. The number of hydrogen-bond donors (Lipinski definition) is 0. The highest BCUT2D eigenvalue weighted by atomic mass is 32.2. The smallest absolute Gasteiger partial charge is 0.0640 e. The predicted molar refractivity (Wildman–Crippen MR) is 281 cm³/mol. The fourth-order valence-corrected chi connectivity index (χ4v) is 11.1. The number of allylic oxidation sites excluding steroid dienone is 3. The number of fused-ring (bicyclic) bond motifs is 4. The molecule has 1 aromatic heterocycles. The standard InChI is InChI=1S/C61H44N2S2/c1-43-57(35-11-8-23-46-24-9-12-37-59(46)64-43)62(51-29-14-25-47(39-51)44-19-4-2-5-20-44)52-30-16-27-49(41-52)50-28-17-32-54(42-50)63(53-31-15-26-48(40-53)45-21-6-3-7-22-45)58-36-18-34-56-55-33-10-13-38-60(55)65-61(56)58/h2-22,24-42H,1,23H2/b11-8-,57-35+. The van der Waals surface area contributed by atoms with E-state index in [1.54, 1.807) is 11.8 Å². The van der Waals surface area contributed by atoms with E-state index < -0.39 is 0 Å². The van der Waals surface area contributed by atoms with E-state index in [0.29, 0.717) is 0 Å². The van der Waals surface area contributed by atoms with Crippen LogP contribution in [0.3, 0.4) is 0 Å². The fourth-order valence-electron chi connectivity index (χ4n) is 8.93. The lowest BCUT2D eigenvalue weighted by Gasteiger charge is -2.30. The minimum atomic E-state index is 0.862. The zero-order valence-corrected chi connectivity index (χ0v) is 37.4. The van der Waals surface area contributed by atoms with Crippen LogP contribution in [0.25, 0.3) is 53.6 Å². The Morgan fingerprint density at radius 2 is 0.892 bits per heavy atom. The number of benzene rings is 9. The van der Waals surface area contributed by atoms with Gasteiger partial charge in [-0.15, -0.1) is 11.3 Å². The van der Waals surface area contributed by atoms with E-state index in [0.717, 1.165) is 62.2 Å². The molecule has 0 unspecified atom stereocenters. The van der Waals surface area contributed by atoms with Gasteiger partial charge < -0.3 is 9.80 Å². The third kappa shape index (κ3) is 8.11. The highest BCUT2D eigenvalue weighted by Gasteiger charge is 2.22. The maximum absolute atomic E-state index is 4.73. The van der Waals surface area contributed by atoms with E-state index in [2.05, 4.69) is 252 Å². The molecule has 0 fully saturated rings. The third-order valence-electron chi connectivity index (χ3n) is 12.0. The Labute approximate surface area is 389 Å². The van der Waals surface area contributed by atoms with E-state index in [1.165, 1.54) is 47.3 Å². The molecule has 310 valence electrons. The predicted octanol–water partition coefficient (Wildman–Crippen LogP) is 18.0. The van der Waals surface area contributed by atoms with Gasteiger partial charge in [0.05, 0.1) is 16.1 Å². The van der Waals surface area contributed by atoms with Crippen LogP contribution in [0.15, 0.2) is 265 Å². The first kappa shape index (κ1) is 40.2. The highest BCUT2D eigenvalue weighted by molar-refractivity contribution is 8.03. The molecule has 0 atom stereocenters. The summed E-state index contributed by atoms with van der Waals surface area (Å²) in [5.74, 6) is 0. The minimum absolute atomic E-state index is 0.862. The molecule has 0 bridgehead atoms. The second-order valence-corrected chi connectivity index (χ2v) is 18.4. The molecule has 9 aromatic carbocycles. The van der Waals surface area contributed by atoms with Crippen LogP contribution in [0.5, 0.6) is 0 Å². The van der Waals surface area contributed by atoms with Crippen LogP contribution >= 0.6 is 23.1 Å². The SMILES string of the molecule is C=C1Sc2ccccc2C/C=C\C=C/1N(c1cccc(-c2ccccc2)c1)c1cccc(-c2cccc(N(c3cccc(-c4ccccc4)c3)c3cccc4c3sc3ccccc34)c2)c1. The molecule has 2 heterocycles. The van der Waals surface area contributed by atoms with Crippen LogP contribution in [0, 0.1) is 0 Å². The first-order chi connectivity index (χ1) is 32.1. The molecular formula is C61H44N2S2. The van der Waals surface area contributed by atoms with Crippen molar-refractivity contribution in [2.75, 3.05) is 9.80 Å². The van der Waals surface area contributed by atoms with Crippen LogP contribution in [0.4, 0.5) is 28.4 Å². The van der Waals surface area contributed by atoms with Crippen LogP contribution in [0.1, 0.15) is 5.56 Å². The summed E-state index contributed by atoms with van der Waals surface area (Å²) in [6.07, 6.45) is 7.52. The Morgan fingerprint density at radius 3 is 1.51 bits per heavy atom. The quantitative estimate of drug-likeness (QED) is 0.143. The van der Waals surface area contributed by atoms with Gasteiger partial charge in [0, 0.05) is 48.0 Å². The molecule has 0 radical (unpaired) electrons. The fraction of sp³-hybridized carbons (Fsp3) is 0.0164. The van der Waals surface area contributed by atoms with Crippen LogP contribution in [-0.4, -0.2) is 0 Å². The van der Waals surface area contributed by atoms with Crippen LogP contribution in [0.2, 0.25) is 0 Å². The molecule has 0 aliphatic carbocycles. The number of nitrogens with zero attached hydrogens (tertiary/aromatic N) is 2. The molecule has 4 heteroatoms. The number of hydrogen-bond acceptors (Lipinski definition) is 4. The molecule has 2 nitrogen and oxygen atoms in total. The molecule has 0 N–H and O–H groups in total. The van der Waals surface area contributed by atoms with Crippen molar-refractivity contribution in [2.24, 2.45) is 0 Å². The first-order valence-corrected chi connectivity index (χ1v) is 23.6. The van der Waals surface area contributed by atoms with Gasteiger partial charge in [0.25, 0.3) is 0 Å². The van der Waals surface area contributed by atoms with E-state index >= 15 is 0 Å². The molecule has 1 aliphatic heterocycles. The van der Waals surface area contributed by atoms with Gasteiger partial charge in [0.2, 0.25) is 0 Å². The molecule has 0 spiro atoms. The molecular weight excluding hydrogens is 825 g/mol. The summed E-state index contributed by atoms with van der Waals surface area (Å²) in [7, 11) is 0. The molecule has 0 saturated carbocycles. The van der Waals surface area contributed by atoms with Gasteiger partial charge in [-0.05, 0) is 118 Å². The number of anilines is 5. The Balaban J connectivity index is 1.05. The van der Waals surface area contributed by atoms with E-state index in [1.807, 2.05) is 11.3 Å². The normalized spacial score (nSPS) is 13.8. The summed E-state index contributed by atoms with van der Waals surface area (Å²) >= 11 is 3.60. The average molecular weight is 869 g/mol. The summed E-state index contributed by atoms with van der Waals surface area (Å²) in [6.45, 7) is 4.73. The van der Waals surface area contributed by atoms with Gasteiger partial charge in [-0.2, -0.15) is 0 Å². The van der Waals surface area contributed by atoms with Crippen molar-refractivity contribution >= 4 is 71.7 Å². The zero-order valence-electron chi connectivity index (χ0n) is 35.7. The van der Waals surface area contributed by atoms with Crippen LogP contribution in [-0.2, 0) is 6.42 Å². The number of rotatable bonds is 9. The topological polar surface area (TPSA) is 6.48 Å². The average Bonchev–Trinajstić information content (AvgIpc) is 3.78. The van der Waals surface area contributed by atoms with Crippen molar-refractivity contribution in [2.45, 2.75) is 11.3 Å². The Morgan fingerprint density at radius 1 is 0.415 bits per heavy atom. The van der Waals surface area contributed by atoms with Gasteiger partial charge in [-0.1, -0.05) is 188 Å². The Kier molecular flexibility index (Phi) is 11.0. The molecule has 65 heavy (non-hydrogen) atoms. The van der Waals surface area contributed by atoms with E-state index in [9.17, 15) is 0 Å². The van der Waals surface area contributed by atoms with Crippen molar-refractivity contribution in [3.63, 3.8) is 0 Å². The maximum atomic E-state index is 4.73. The lowest BCUT2D eigenvalue weighted by Crippen LogP contribution is -2.17. The van der Waals surface area contributed by atoms with Gasteiger partial charge in [0.15, 0.2) is 0 Å². The second kappa shape index (κ2) is 17.9. The van der Waals surface area contributed by atoms with E-state index in [-0.39, 0.29) is 0 Å². The lowest BCUT2D eigenvalue weighted by atomic mass is 10.0. The summed E-state index contributed by atoms with van der Waals surface area (Å²) in [5.41, 5.74) is 14.7. The first-order valence-electron chi connectivity index (χ1n) is 22.0. The molecule has 10 aromatic rings.